The number of rotatable bonds is 7. The Morgan fingerprint density at radius 2 is 1.63 bits per heavy atom. The van der Waals surface area contributed by atoms with Gasteiger partial charge in [-0.25, -0.2) is 0 Å². The summed E-state index contributed by atoms with van der Waals surface area (Å²) in [5.74, 6) is 2.22. The molecular formula is C21H25N5O. The summed E-state index contributed by atoms with van der Waals surface area (Å²) < 4.78 is 5.11. The van der Waals surface area contributed by atoms with Crippen molar-refractivity contribution >= 4 is 5.96 Å². The van der Waals surface area contributed by atoms with Gasteiger partial charge in [0.25, 0.3) is 0 Å². The summed E-state index contributed by atoms with van der Waals surface area (Å²) >= 11 is 0. The first-order valence-corrected chi connectivity index (χ1v) is 9.10. The van der Waals surface area contributed by atoms with Crippen molar-refractivity contribution in [2.24, 2.45) is 4.99 Å². The van der Waals surface area contributed by atoms with Crippen LogP contribution in [0.1, 0.15) is 35.2 Å². The molecule has 0 unspecified atom stereocenters. The Morgan fingerprint density at radius 1 is 1.00 bits per heavy atom. The van der Waals surface area contributed by atoms with Crippen LogP contribution in [0.5, 0.6) is 0 Å². The molecule has 0 aliphatic rings. The molecule has 0 bridgehead atoms. The predicted octanol–water partition coefficient (Wildman–Crippen LogP) is 3.27. The quantitative estimate of drug-likeness (QED) is 0.498. The number of benzene rings is 2. The van der Waals surface area contributed by atoms with Gasteiger partial charge in [-0.1, -0.05) is 65.8 Å². The van der Waals surface area contributed by atoms with Gasteiger partial charge in [-0.15, -0.1) is 0 Å². The number of hydrogen-bond acceptors (Lipinski definition) is 4. The summed E-state index contributed by atoms with van der Waals surface area (Å²) in [7, 11) is 1.75. The van der Waals surface area contributed by atoms with Crippen molar-refractivity contribution in [3.05, 3.63) is 83.5 Å². The van der Waals surface area contributed by atoms with Crippen LogP contribution in [-0.2, 0) is 6.54 Å². The maximum absolute atomic E-state index is 5.11. The Bertz CT molecular complexity index is 806. The molecule has 0 aliphatic heterocycles. The minimum absolute atomic E-state index is 0.330. The first-order valence-electron chi connectivity index (χ1n) is 9.10. The first kappa shape index (κ1) is 18.6. The Morgan fingerprint density at radius 3 is 2.15 bits per heavy atom. The molecule has 0 amide bonds. The summed E-state index contributed by atoms with van der Waals surface area (Å²) in [6.45, 7) is 3.03. The maximum Gasteiger partial charge on any atom is 0.246 e. The summed E-state index contributed by atoms with van der Waals surface area (Å²) in [5.41, 5.74) is 2.63. The number of nitrogens with zero attached hydrogens (tertiary/aromatic N) is 3. The highest BCUT2D eigenvalue weighted by molar-refractivity contribution is 5.79. The molecule has 1 aromatic heterocycles. The van der Waals surface area contributed by atoms with Gasteiger partial charge in [-0.05, 0) is 24.5 Å². The minimum atomic E-state index is 0.330. The Balaban J connectivity index is 1.58. The molecule has 0 aliphatic carbocycles. The Hall–Kier alpha value is -3.15. The number of hydrogen-bond donors (Lipinski definition) is 2. The molecule has 0 saturated heterocycles. The lowest BCUT2D eigenvalue weighted by Crippen LogP contribution is -2.37. The lowest BCUT2D eigenvalue weighted by Gasteiger charge is -2.19. The van der Waals surface area contributed by atoms with Crippen molar-refractivity contribution in [3.63, 3.8) is 0 Å². The molecule has 0 atom stereocenters. The zero-order valence-corrected chi connectivity index (χ0v) is 15.7. The zero-order chi connectivity index (χ0) is 18.9. The standard InChI is InChI=1S/C21H25N5O/c1-16-25-20(27-26-16)15-24-21(22-2)23-14-13-19(17-9-5-3-6-10-17)18-11-7-4-8-12-18/h3-12,19H,13-15H2,1-2H3,(H2,22,23,24). The molecule has 2 aromatic carbocycles. The molecule has 0 radical (unpaired) electrons. The second kappa shape index (κ2) is 9.52. The molecular weight excluding hydrogens is 338 g/mol. The monoisotopic (exact) mass is 363 g/mol. The largest absolute Gasteiger partial charge is 0.356 e. The second-order valence-electron chi connectivity index (χ2n) is 6.25. The van der Waals surface area contributed by atoms with Crippen molar-refractivity contribution in [2.45, 2.75) is 25.8 Å². The van der Waals surface area contributed by atoms with E-state index in [0.29, 0.717) is 30.1 Å². The fourth-order valence-electron chi connectivity index (χ4n) is 3.02. The number of aryl methyl sites for hydroxylation is 1. The van der Waals surface area contributed by atoms with Crippen LogP contribution in [0, 0.1) is 6.92 Å². The van der Waals surface area contributed by atoms with Gasteiger partial charge in [-0.3, -0.25) is 4.99 Å². The highest BCUT2D eigenvalue weighted by Gasteiger charge is 2.14. The fourth-order valence-corrected chi connectivity index (χ4v) is 3.02. The predicted molar refractivity (Wildman–Crippen MR) is 107 cm³/mol. The molecule has 6 heteroatoms. The van der Waals surface area contributed by atoms with Gasteiger partial charge in [0.2, 0.25) is 5.89 Å². The van der Waals surface area contributed by atoms with Gasteiger partial charge >= 0.3 is 0 Å². The normalized spacial score (nSPS) is 11.6. The van der Waals surface area contributed by atoms with Gasteiger partial charge in [0.1, 0.15) is 0 Å². The topological polar surface area (TPSA) is 75.3 Å². The van der Waals surface area contributed by atoms with Crippen LogP contribution in [0.3, 0.4) is 0 Å². The smallest absolute Gasteiger partial charge is 0.246 e. The SMILES string of the molecule is CN=C(NCCC(c1ccccc1)c1ccccc1)NCc1nc(C)no1. The van der Waals surface area contributed by atoms with E-state index in [2.05, 4.69) is 86.4 Å². The summed E-state index contributed by atoms with van der Waals surface area (Å²) in [4.78, 5) is 8.44. The zero-order valence-electron chi connectivity index (χ0n) is 15.7. The summed E-state index contributed by atoms with van der Waals surface area (Å²) in [6.07, 6.45) is 0.953. The number of nitrogens with one attached hydrogen (secondary N) is 2. The second-order valence-corrected chi connectivity index (χ2v) is 6.25. The molecule has 0 saturated carbocycles. The van der Waals surface area contributed by atoms with E-state index in [1.807, 2.05) is 0 Å². The Labute approximate surface area is 159 Å². The minimum Gasteiger partial charge on any atom is -0.356 e. The average molecular weight is 363 g/mol. The van der Waals surface area contributed by atoms with E-state index in [-0.39, 0.29) is 0 Å². The molecule has 0 fully saturated rings. The third-order valence-electron chi connectivity index (χ3n) is 4.33. The van der Waals surface area contributed by atoms with Gasteiger partial charge in [0.15, 0.2) is 11.8 Å². The van der Waals surface area contributed by atoms with E-state index in [4.69, 9.17) is 4.52 Å². The summed E-state index contributed by atoms with van der Waals surface area (Å²) in [5, 5.41) is 10.3. The van der Waals surface area contributed by atoms with E-state index in [0.717, 1.165) is 13.0 Å². The van der Waals surface area contributed by atoms with Crippen LogP contribution in [0.15, 0.2) is 70.2 Å². The average Bonchev–Trinajstić information content (AvgIpc) is 3.14. The van der Waals surface area contributed by atoms with Gasteiger partial charge in [-0.2, -0.15) is 4.98 Å². The van der Waals surface area contributed by atoms with E-state index in [1.165, 1.54) is 11.1 Å². The first-order chi connectivity index (χ1) is 13.3. The van der Waals surface area contributed by atoms with Crippen molar-refractivity contribution in [2.75, 3.05) is 13.6 Å². The van der Waals surface area contributed by atoms with Crippen molar-refractivity contribution in [1.82, 2.24) is 20.8 Å². The highest BCUT2D eigenvalue weighted by atomic mass is 16.5. The fraction of sp³-hybridized carbons (Fsp3) is 0.286. The van der Waals surface area contributed by atoms with Crippen molar-refractivity contribution in [3.8, 4) is 0 Å². The molecule has 27 heavy (non-hydrogen) atoms. The van der Waals surface area contributed by atoms with E-state index in [1.54, 1.807) is 14.0 Å². The maximum atomic E-state index is 5.11. The Kier molecular flexibility index (Phi) is 6.57. The third kappa shape index (κ3) is 5.41. The molecule has 2 N–H and O–H groups in total. The molecule has 3 rings (SSSR count). The van der Waals surface area contributed by atoms with E-state index >= 15 is 0 Å². The van der Waals surface area contributed by atoms with Crippen molar-refractivity contribution < 1.29 is 4.52 Å². The number of aromatic nitrogens is 2. The number of guanidine groups is 1. The molecule has 0 spiro atoms. The highest BCUT2D eigenvalue weighted by Crippen LogP contribution is 2.27. The van der Waals surface area contributed by atoms with Crippen LogP contribution in [-0.4, -0.2) is 29.7 Å². The lowest BCUT2D eigenvalue weighted by molar-refractivity contribution is 0.371. The van der Waals surface area contributed by atoms with Crippen LogP contribution in [0.2, 0.25) is 0 Å². The lowest BCUT2D eigenvalue weighted by atomic mass is 9.88. The van der Waals surface area contributed by atoms with Gasteiger partial charge in [0, 0.05) is 19.5 Å². The van der Waals surface area contributed by atoms with E-state index < -0.39 is 0 Å². The number of aliphatic imine (C=N–C) groups is 1. The third-order valence-corrected chi connectivity index (χ3v) is 4.33. The summed E-state index contributed by atoms with van der Waals surface area (Å²) in [6, 6.07) is 21.2. The molecule has 140 valence electrons. The molecule has 3 aromatic rings. The van der Waals surface area contributed by atoms with Crippen LogP contribution < -0.4 is 10.6 Å². The molecule has 6 nitrogen and oxygen atoms in total. The van der Waals surface area contributed by atoms with Gasteiger partial charge in [0.05, 0.1) is 6.54 Å². The van der Waals surface area contributed by atoms with Gasteiger partial charge < -0.3 is 15.2 Å². The molecule has 1 heterocycles. The van der Waals surface area contributed by atoms with Crippen LogP contribution in [0.4, 0.5) is 0 Å². The van der Waals surface area contributed by atoms with E-state index in [9.17, 15) is 0 Å². The van der Waals surface area contributed by atoms with Crippen LogP contribution >= 0.6 is 0 Å². The van der Waals surface area contributed by atoms with Crippen molar-refractivity contribution in [1.29, 1.82) is 0 Å². The van der Waals surface area contributed by atoms with Crippen LogP contribution in [0.25, 0.3) is 0 Å².